The molecule has 0 aliphatic carbocycles. The summed E-state index contributed by atoms with van der Waals surface area (Å²) < 4.78 is 31.2. The Morgan fingerprint density at radius 1 is 0.214 bits per heavy atom. The van der Waals surface area contributed by atoms with Crippen LogP contribution >= 0.6 is 60.1 Å². The molecule has 0 aliphatic heterocycles. The van der Waals surface area contributed by atoms with Crippen LogP contribution in [0, 0.1) is 13.8 Å². The van der Waals surface area contributed by atoms with Gasteiger partial charge in [-0.3, -0.25) is 0 Å². The second kappa shape index (κ2) is 56.0. The van der Waals surface area contributed by atoms with Gasteiger partial charge in [-0.15, -0.1) is 0 Å². The van der Waals surface area contributed by atoms with Gasteiger partial charge in [0.2, 0.25) is 0 Å². The zero-order chi connectivity index (χ0) is 107. The molecule has 7 unspecified atom stereocenters. The maximum absolute atomic E-state index is 11.0. The summed E-state index contributed by atoms with van der Waals surface area (Å²) in [6.45, 7) is 25.3. The van der Waals surface area contributed by atoms with E-state index in [9.17, 15) is 35.7 Å². The third kappa shape index (κ3) is 34.7. The Morgan fingerprint density at radius 3 is 0.869 bits per heavy atom. The fourth-order valence-electron chi connectivity index (χ4n) is 15.0. The molecule has 14 aromatic carbocycles. The van der Waals surface area contributed by atoms with Crippen LogP contribution in [0.15, 0.2) is 273 Å². The highest BCUT2D eigenvalue weighted by atomic mass is 31.1. The third-order valence-electron chi connectivity index (χ3n) is 23.2. The molecule has 0 spiro atoms. The number of nitrogens with zero attached hydrogens (tertiary/aromatic N) is 7. The monoisotopic (exact) mass is 2140 g/mol. The first kappa shape index (κ1) is 119. The van der Waals surface area contributed by atoms with Crippen LogP contribution in [0.25, 0.3) is 0 Å². The Hall–Kier alpha value is -11.3. The standard InChI is InChI=1S/C20H32NOPSi2.C17H24NOPSi.C16H20NO3P.2C16H20NO2P.2C15H18NO2P/c1-21(2)16-11-9-10-12-17(16)23-18-13-15(24(3,4)5)14-19(20(18)22)25(6,7)8;1-18(2)14-8-6-7-9-16(14)20-17-12-13(21(3,4)5)10-11-15(17)19;1-17(2)12-7-5-6-8-14(12)21-15-10-11(19-3)9-13(20-4)16(15)18;1-11-5-8-15(13(9-11)17(2)3)20-16-10-12(19-4)6-7-14(16)18;1-11-7-5-8-12(17(2)3)16(11)20-14-10-6-9-13(19-4)15(14)18;1-16(2)11-7-4-5-9-13(11)19-14-10-6-8-12(18-3)15(14)17;1-16(2)12-6-4-5-7-14(12)19-15-10-11(18-3)8-9-13(15)17/h9-14,22-23H,1-8H3;6-12,19-20H,1-5H3;5-10,18,21H,1-4H3;2*5-10,18,20H,1-4H3;2*4-10,17,19H,1-3H3. The normalized spacial score (nSPS) is 11.4. The molecule has 30 heteroatoms. The van der Waals surface area contributed by atoms with E-state index in [-0.39, 0.29) is 17.2 Å². The van der Waals surface area contributed by atoms with Gasteiger partial charge in [0.15, 0.2) is 34.5 Å². The molecule has 14 rings (SSSR count). The lowest BCUT2D eigenvalue weighted by Gasteiger charge is -2.26. The molecule has 0 aliphatic rings. The zero-order valence-electron chi connectivity index (χ0n) is 90.2. The minimum atomic E-state index is -1.61. The maximum Gasteiger partial charge on any atom is 0.165 e. The van der Waals surface area contributed by atoms with E-state index in [0.29, 0.717) is 106 Å². The molecule has 14 aromatic rings. The summed E-state index contributed by atoms with van der Waals surface area (Å²) in [5.41, 5.74) is 10.8. The predicted octanol–water partition coefficient (Wildman–Crippen LogP) is 16.9. The van der Waals surface area contributed by atoms with Crippen LogP contribution in [0.5, 0.6) is 74.7 Å². The van der Waals surface area contributed by atoms with Gasteiger partial charge in [0.1, 0.15) is 40.2 Å². The van der Waals surface area contributed by atoms with Gasteiger partial charge in [-0.2, -0.15) is 0 Å². The largest absolute Gasteiger partial charge is 0.507 e. The number of phenols is 7. The van der Waals surface area contributed by atoms with E-state index in [1.165, 1.54) is 99.7 Å². The van der Waals surface area contributed by atoms with Crippen molar-refractivity contribution in [3.05, 3.63) is 284 Å². The topological polar surface area (TPSA) is 220 Å². The molecule has 0 saturated carbocycles. The molecular weight excluding hydrogens is 1990 g/mol. The van der Waals surface area contributed by atoms with Crippen LogP contribution in [0.2, 0.25) is 58.9 Å². The summed E-state index contributed by atoms with van der Waals surface area (Å²) in [7, 11) is 36.5. The Labute approximate surface area is 879 Å². The minimum Gasteiger partial charge on any atom is -0.507 e. The summed E-state index contributed by atoms with van der Waals surface area (Å²) in [6.07, 6.45) is 0. The van der Waals surface area contributed by atoms with E-state index in [2.05, 4.69) is 281 Å². The zero-order valence-corrected chi connectivity index (χ0v) is 100. The Kier molecular flexibility index (Phi) is 46.0. The van der Waals surface area contributed by atoms with Crippen molar-refractivity contribution in [1.29, 1.82) is 0 Å². The fourth-order valence-corrected chi connectivity index (χ4v) is 28.8. The maximum atomic E-state index is 11.0. The first-order valence-corrected chi connectivity index (χ1v) is 64.9. The molecule has 772 valence electrons. The average Bonchev–Trinajstić information content (AvgIpc) is 0.776. The van der Waals surface area contributed by atoms with Gasteiger partial charge in [-0.05, 0) is 133 Å². The number of rotatable bonds is 30. The second-order valence-electron chi connectivity index (χ2n) is 38.8. The molecule has 0 radical (unpaired) electrons. The third-order valence-corrected chi connectivity index (χ3v) is 38.9. The summed E-state index contributed by atoms with van der Waals surface area (Å²) in [5.74, 6) is 5.89. The van der Waals surface area contributed by atoms with Crippen molar-refractivity contribution in [2.45, 2.75) is 72.8 Å². The average molecular weight is 2140 g/mol. The van der Waals surface area contributed by atoms with Crippen LogP contribution < -0.4 is 153 Å². The van der Waals surface area contributed by atoms with Gasteiger partial charge in [-0.1, -0.05) is 293 Å². The number of para-hydroxylation sites is 7. The van der Waals surface area contributed by atoms with Crippen molar-refractivity contribution >= 4 is 214 Å². The van der Waals surface area contributed by atoms with Gasteiger partial charge in [0.05, 0.1) is 66.9 Å². The smallest absolute Gasteiger partial charge is 0.165 e. The van der Waals surface area contributed by atoms with Crippen LogP contribution in [0.1, 0.15) is 11.1 Å². The highest BCUT2D eigenvalue weighted by molar-refractivity contribution is 7.58. The quantitative estimate of drug-likeness (QED) is 0.0164. The van der Waals surface area contributed by atoms with Gasteiger partial charge < -0.3 is 98.5 Å². The number of anilines is 7. The van der Waals surface area contributed by atoms with E-state index in [4.69, 9.17) is 28.4 Å². The van der Waals surface area contributed by atoms with Crippen LogP contribution in [-0.4, -0.2) is 201 Å². The van der Waals surface area contributed by atoms with Crippen molar-refractivity contribution in [3.63, 3.8) is 0 Å². The highest BCUT2D eigenvalue weighted by Crippen LogP contribution is 2.38. The number of aromatic hydroxyl groups is 7. The Balaban J connectivity index is 0.000000207. The Bertz CT molecular complexity index is 6520. The van der Waals surface area contributed by atoms with Crippen molar-refractivity contribution < 1.29 is 64.2 Å². The van der Waals surface area contributed by atoms with Crippen molar-refractivity contribution in [2.75, 3.05) is 176 Å². The Morgan fingerprint density at radius 2 is 0.510 bits per heavy atom. The van der Waals surface area contributed by atoms with Crippen molar-refractivity contribution in [3.8, 4) is 74.7 Å². The SMILES string of the molecule is CN(C)c1ccccc1Pc1cc([Si](C)(C)C)cc([Si](C)(C)C)c1O.CN(C)c1ccccc1Pc1cc([Si](C)(C)C)ccc1O.COc1cc(OC)c(O)c(Pc2ccccc2N(C)C)c1.COc1ccc(O)c(Pc2ccc(C)cc2N(C)C)c1.COc1ccc(O)c(Pc2ccccc2N(C)C)c1.COc1cccc(Pc2c(C)cccc2N(C)C)c1O.COc1cccc(Pc2ccccc2N(C)C)c1O. The molecule has 0 aromatic heterocycles. The van der Waals surface area contributed by atoms with Gasteiger partial charge in [-0.25, -0.2) is 0 Å². The summed E-state index contributed by atoms with van der Waals surface area (Å²) in [6, 6.07) is 90.3. The number of methoxy groups -OCH3 is 6. The molecule has 7 atom stereocenters. The molecule has 145 heavy (non-hydrogen) atoms. The highest BCUT2D eigenvalue weighted by Gasteiger charge is 2.29. The lowest BCUT2D eigenvalue weighted by Crippen LogP contribution is -2.47. The molecular formula is C115H152N7O13P7Si3. The van der Waals surface area contributed by atoms with Crippen molar-refractivity contribution in [1.82, 2.24) is 0 Å². The molecule has 0 heterocycles. The van der Waals surface area contributed by atoms with Gasteiger partial charge in [0, 0.05) is 219 Å². The van der Waals surface area contributed by atoms with E-state index < -0.39 is 24.2 Å². The van der Waals surface area contributed by atoms with Crippen LogP contribution in [-0.2, 0) is 0 Å². The molecule has 0 fully saturated rings. The fraction of sp³-hybridized carbons (Fsp3) is 0.270. The molecule has 0 amide bonds. The van der Waals surface area contributed by atoms with Crippen LogP contribution in [0.3, 0.4) is 0 Å². The lowest BCUT2D eigenvalue weighted by atomic mass is 10.2. The van der Waals surface area contributed by atoms with E-state index in [1.807, 2.05) is 155 Å². The lowest BCUT2D eigenvalue weighted by molar-refractivity contribution is 0.366. The summed E-state index contributed by atoms with van der Waals surface area (Å²) >= 11 is 0. The number of ether oxygens (including phenoxy) is 6. The predicted molar refractivity (Wildman–Crippen MR) is 653 cm³/mol. The van der Waals surface area contributed by atoms with Gasteiger partial charge >= 0.3 is 0 Å². The molecule has 0 saturated heterocycles. The second-order valence-corrected chi connectivity index (χ2v) is 63.3. The summed E-state index contributed by atoms with van der Waals surface area (Å²) in [5, 5.41) is 91.1. The van der Waals surface area contributed by atoms with E-state index in [1.54, 1.807) is 78.0 Å². The number of benzene rings is 14. The summed E-state index contributed by atoms with van der Waals surface area (Å²) in [4.78, 5) is 14.7. The number of phenolic OH excluding ortho intramolecular Hbond substituents is 7. The molecule has 20 nitrogen and oxygen atoms in total. The number of hydrogen-bond donors (Lipinski definition) is 7. The van der Waals surface area contributed by atoms with Crippen LogP contribution in [0.4, 0.5) is 39.8 Å². The first-order valence-electron chi connectivity index (χ1n) is 47.4. The van der Waals surface area contributed by atoms with E-state index >= 15 is 0 Å². The number of hydrogen-bond acceptors (Lipinski definition) is 20. The first-order chi connectivity index (χ1) is 68.5. The van der Waals surface area contributed by atoms with Crippen molar-refractivity contribution in [2.24, 2.45) is 0 Å². The van der Waals surface area contributed by atoms with E-state index in [0.717, 1.165) is 59.6 Å². The minimum absolute atomic E-state index is 0.171. The molecule has 0 bridgehead atoms. The molecule has 7 N–H and O–H groups in total. The van der Waals surface area contributed by atoms with Gasteiger partial charge in [0.25, 0.3) is 0 Å². The number of aryl methyl sites for hydroxylation is 2.